The molecule has 0 radical (unpaired) electrons. The number of carbonyl (C=O) groups excluding carboxylic acids is 2. The second-order valence-electron chi connectivity index (χ2n) is 7.57. The molecule has 156 valence electrons. The first-order valence-electron chi connectivity index (χ1n) is 8.58. The molecule has 10 heteroatoms. The van der Waals surface area contributed by atoms with E-state index in [0.717, 1.165) is 12.1 Å². The highest BCUT2D eigenvalue weighted by atomic mass is 19.4. The molecule has 1 aromatic carbocycles. The van der Waals surface area contributed by atoms with Crippen molar-refractivity contribution in [3.63, 3.8) is 0 Å². The van der Waals surface area contributed by atoms with E-state index in [4.69, 9.17) is 4.74 Å². The van der Waals surface area contributed by atoms with Crippen molar-refractivity contribution in [2.24, 2.45) is 0 Å². The first-order chi connectivity index (χ1) is 12.8. The summed E-state index contributed by atoms with van der Waals surface area (Å²) < 4.78 is 70.1. The summed E-state index contributed by atoms with van der Waals surface area (Å²) in [6.45, 7) is 4.78. The molecule has 0 spiro atoms. The van der Waals surface area contributed by atoms with E-state index in [0.29, 0.717) is 0 Å². The standard InChI is InChI=1S/C18H21F5N2O3/c1-17(2,3)28-16(27)25-7-6-11(10-4-5-12(19)13(20)8-10)14(9-25)24-15(26)18(21,22)23/h4-5,8,11,14H,6-7,9H2,1-3H3,(H,24,26). The summed E-state index contributed by atoms with van der Waals surface area (Å²) in [5.74, 6) is -5.14. The molecule has 1 aliphatic rings. The molecule has 1 N–H and O–H groups in total. The summed E-state index contributed by atoms with van der Waals surface area (Å²) in [6.07, 6.45) is -5.72. The second kappa shape index (κ2) is 7.92. The predicted octanol–water partition coefficient (Wildman–Crippen LogP) is 3.74. The van der Waals surface area contributed by atoms with Gasteiger partial charge in [0.2, 0.25) is 0 Å². The molecule has 28 heavy (non-hydrogen) atoms. The molecule has 1 heterocycles. The molecule has 5 nitrogen and oxygen atoms in total. The molecule has 2 rings (SSSR count). The Morgan fingerprint density at radius 1 is 1.14 bits per heavy atom. The Morgan fingerprint density at radius 2 is 1.79 bits per heavy atom. The molecule has 1 aromatic rings. The smallest absolute Gasteiger partial charge is 0.444 e. The van der Waals surface area contributed by atoms with Gasteiger partial charge in [-0.2, -0.15) is 13.2 Å². The van der Waals surface area contributed by atoms with Gasteiger partial charge in [-0.15, -0.1) is 0 Å². The molecule has 1 aliphatic heterocycles. The van der Waals surface area contributed by atoms with Crippen LogP contribution in [0.25, 0.3) is 0 Å². The number of ether oxygens (including phenoxy) is 1. The maximum absolute atomic E-state index is 13.6. The Morgan fingerprint density at radius 3 is 2.32 bits per heavy atom. The third-order valence-corrected chi connectivity index (χ3v) is 4.21. The maximum Gasteiger partial charge on any atom is 0.471 e. The molecule has 1 fully saturated rings. The van der Waals surface area contributed by atoms with Crippen LogP contribution in [0.5, 0.6) is 0 Å². The first-order valence-corrected chi connectivity index (χ1v) is 8.58. The van der Waals surface area contributed by atoms with Crippen molar-refractivity contribution in [2.45, 2.75) is 50.9 Å². The number of carbonyl (C=O) groups is 2. The molecular weight excluding hydrogens is 387 g/mol. The molecule has 0 saturated carbocycles. The SMILES string of the molecule is CC(C)(C)OC(=O)N1CCC(c2ccc(F)c(F)c2)C(NC(=O)C(F)(F)F)C1. The van der Waals surface area contributed by atoms with Crippen LogP contribution >= 0.6 is 0 Å². The van der Waals surface area contributed by atoms with Crippen LogP contribution in [-0.2, 0) is 9.53 Å². The van der Waals surface area contributed by atoms with E-state index in [9.17, 15) is 31.5 Å². The Balaban J connectivity index is 2.26. The lowest BCUT2D eigenvalue weighted by molar-refractivity contribution is -0.174. The summed E-state index contributed by atoms with van der Waals surface area (Å²) in [5, 5.41) is 1.86. The van der Waals surface area contributed by atoms with Crippen LogP contribution in [-0.4, -0.2) is 47.8 Å². The number of hydrogen-bond acceptors (Lipinski definition) is 3. The quantitative estimate of drug-likeness (QED) is 0.759. The van der Waals surface area contributed by atoms with E-state index < -0.39 is 47.4 Å². The number of rotatable bonds is 2. The van der Waals surface area contributed by atoms with E-state index >= 15 is 0 Å². The van der Waals surface area contributed by atoms with Gasteiger partial charge in [-0.1, -0.05) is 6.07 Å². The van der Waals surface area contributed by atoms with Gasteiger partial charge in [0.05, 0.1) is 6.04 Å². The molecule has 2 atom stereocenters. The van der Waals surface area contributed by atoms with Crippen molar-refractivity contribution in [1.82, 2.24) is 10.2 Å². The lowest BCUT2D eigenvalue weighted by atomic mass is 9.85. The molecular formula is C18H21F5N2O3. The Bertz CT molecular complexity index is 746. The zero-order valence-corrected chi connectivity index (χ0v) is 15.6. The highest BCUT2D eigenvalue weighted by Crippen LogP contribution is 2.31. The molecule has 0 aromatic heterocycles. The minimum atomic E-state index is -5.12. The summed E-state index contributed by atoms with van der Waals surface area (Å²) >= 11 is 0. The lowest BCUT2D eigenvalue weighted by Gasteiger charge is -2.39. The fourth-order valence-corrected chi connectivity index (χ4v) is 2.98. The van der Waals surface area contributed by atoms with Gasteiger partial charge in [-0.25, -0.2) is 13.6 Å². The summed E-state index contributed by atoms with van der Waals surface area (Å²) in [6, 6.07) is 1.85. The van der Waals surface area contributed by atoms with Gasteiger partial charge in [0.1, 0.15) is 5.60 Å². The zero-order chi connectivity index (χ0) is 21.3. The number of nitrogens with one attached hydrogen (secondary N) is 1. The lowest BCUT2D eigenvalue weighted by Crippen LogP contribution is -2.56. The monoisotopic (exact) mass is 408 g/mol. The maximum atomic E-state index is 13.6. The number of amides is 2. The van der Waals surface area contributed by atoms with E-state index in [1.165, 1.54) is 11.0 Å². The highest BCUT2D eigenvalue weighted by molar-refractivity contribution is 5.82. The third-order valence-electron chi connectivity index (χ3n) is 4.21. The van der Waals surface area contributed by atoms with Gasteiger partial charge in [0, 0.05) is 19.0 Å². The van der Waals surface area contributed by atoms with Gasteiger partial charge in [0.15, 0.2) is 11.6 Å². The van der Waals surface area contributed by atoms with Gasteiger partial charge in [0.25, 0.3) is 0 Å². The van der Waals surface area contributed by atoms with Gasteiger partial charge >= 0.3 is 18.2 Å². The summed E-state index contributed by atoms with van der Waals surface area (Å²) in [4.78, 5) is 24.9. The van der Waals surface area contributed by atoms with E-state index in [-0.39, 0.29) is 25.1 Å². The number of likely N-dealkylation sites (tertiary alicyclic amines) is 1. The number of benzene rings is 1. The topological polar surface area (TPSA) is 58.6 Å². The molecule has 0 aliphatic carbocycles. The van der Waals surface area contributed by atoms with Crippen LogP contribution < -0.4 is 5.32 Å². The van der Waals surface area contributed by atoms with Crippen molar-refractivity contribution in [3.05, 3.63) is 35.4 Å². The van der Waals surface area contributed by atoms with E-state index in [2.05, 4.69) is 0 Å². The largest absolute Gasteiger partial charge is 0.471 e. The summed E-state index contributed by atoms with van der Waals surface area (Å²) in [5.41, 5.74) is -0.575. The van der Waals surface area contributed by atoms with Gasteiger partial charge in [-0.3, -0.25) is 4.79 Å². The van der Waals surface area contributed by atoms with E-state index in [1.54, 1.807) is 20.8 Å². The normalized spacial score (nSPS) is 20.6. The Kier molecular flexibility index (Phi) is 6.20. The fourth-order valence-electron chi connectivity index (χ4n) is 2.98. The number of halogens is 5. The van der Waals surface area contributed by atoms with E-state index in [1.807, 2.05) is 5.32 Å². The molecule has 2 unspecified atom stereocenters. The number of alkyl halides is 3. The Hall–Kier alpha value is -2.39. The first kappa shape index (κ1) is 21.9. The van der Waals surface area contributed by atoms with Crippen LogP contribution in [0.3, 0.4) is 0 Å². The second-order valence-corrected chi connectivity index (χ2v) is 7.57. The van der Waals surface area contributed by atoms with Crippen LogP contribution in [0, 0.1) is 11.6 Å². The van der Waals surface area contributed by atoms with Crippen LogP contribution in [0.15, 0.2) is 18.2 Å². The van der Waals surface area contributed by atoms with Gasteiger partial charge in [-0.05, 0) is 44.9 Å². The van der Waals surface area contributed by atoms with Crippen molar-refractivity contribution in [3.8, 4) is 0 Å². The molecule has 2 amide bonds. The average molecular weight is 408 g/mol. The van der Waals surface area contributed by atoms with Crippen molar-refractivity contribution < 1.29 is 36.3 Å². The minimum absolute atomic E-state index is 0.122. The zero-order valence-electron chi connectivity index (χ0n) is 15.6. The van der Waals surface area contributed by atoms with Crippen molar-refractivity contribution in [2.75, 3.05) is 13.1 Å². The minimum Gasteiger partial charge on any atom is -0.444 e. The van der Waals surface area contributed by atoms with Crippen LogP contribution in [0.2, 0.25) is 0 Å². The van der Waals surface area contributed by atoms with Crippen molar-refractivity contribution >= 4 is 12.0 Å². The molecule has 0 bridgehead atoms. The highest BCUT2D eigenvalue weighted by Gasteiger charge is 2.43. The van der Waals surface area contributed by atoms with Crippen LogP contribution in [0.4, 0.5) is 26.7 Å². The Labute approximate surface area is 158 Å². The fraction of sp³-hybridized carbons (Fsp3) is 0.556. The molecule has 1 saturated heterocycles. The predicted molar refractivity (Wildman–Crippen MR) is 89.5 cm³/mol. The average Bonchev–Trinajstić information content (AvgIpc) is 2.55. The third kappa shape index (κ3) is 5.56. The van der Waals surface area contributed by atoms with Crippen LogP contribution in [0.1, 0.15) is 38.7 Å². The number of nitrogens with zero attached hydrogens (tertiary/aromatic N) is 1. The van der Waals surface area contributed by atoms with Gasteiger partial charge < -0.3 is 15.0 Å². The van der Waals surface area contributed by atoms with Crippen molar-refractivity contribution in [1.29, 1.82) is 0 Å². The number of hydrogen-bond donors (Lipinski definition) is 1. The number of piperidine rings is 1. The summed E-state index contributed by atoms with van der Waals surface area (Å²) in [7, 11) is 0.